The first-order valence-corrected chi connectivity index (χ1v) is 16.6. The number of fused-ring (bicyclic) bond motifs is 3. The number of nitrogens with zero attached hydrogens (tertiary/aromatic N) is 2. The minimum atomic E-state index is -1.09. The predicted molar refractivity (Wildman–Crippen MR) is 136 cm³/mol. The normalized spacial score (nSPS) is 31.2. The zero-order valence-corrected chi connectivity index (χ0v) is 22.6. The molecule has 0 saturated heterocycles. The molecule has 5 heteroatoms. The first kappa shape index (κ1) is 24.5. The van der Waals surface area contributed by atoms with Crippen LogP contribution in [0.5, 0.6) is 0 Å². The Bertz CT molecular complexity index is 990. The summed E-state index contributed by atoms with van der Waals surface area (Å²) in [5.41, 5.74) is 1.28. The van der Waals surface area contributed by atoms with E-state index in [0.29, 0.717) is 24.9 Å². The van der Waals surface area contributed by atoms with Gasteiger partial charge in [-0.1, -0.05) is 52.4 Å². The molecule has 1 heterocycles. The van der Waals surface area contributed by atoms with E-state index in [1.807, 2.05) is 17.0 Å². The van der Waals surface area contributed by atoms with Gasteiger partial charge in [-0.3, -0.25) is 4.79 Å². The van der Waals surface area contributed by atoms with Crippen LogP contribution in [0.25, 0.3) is 0 Å². The summed E-state index contributed by atoms with van der Waals surface area (Å²) in [5, 5.41) is 0. The molecule has 0 amide bonds. The van der Waals surface area contributed by atoms with E-state index in [2.05, 4.69) is 63.3 Å². The highest BCUT2D eigenvalue weighted by atomic mass is 28.3. The molecule has 0 aliphatic heterocycles. The zero-order chi connectivity index (χ0) is 23.9. The Morgan fingerprint density at radius 2 is 2.00 bits per heavy atom. The number of carbonyl (C=O) groups is 1. The fourth-order valence-electron chi connectivity index (χ4n) is 6.72. The molecular weight excluding hydrogens is 424 g/mol. The smallest absolute Gasteiger partial charge is 0.187 e. The number of Topliss-reactive ketones (excluding diaryl/α,β-unsaturated/α-hetero) is 1. The van der Waals surface area contributed by atoms with E-state index < -0.39 is 8.07 Å². The predicted octanol–water partition coefficient (Wildman–Crippen LogP) is 6.45. The van der Waals surface area contributed by atoms with E-state index in [0.717, 1.165) is 44.5 Å². The molecule has 1 unspecified atom stereocenters. The number of hydrogen-bond donors (Lipinski definition) is 0. The molecule has 4 rings (SSSR count). The fourth-order valence-corrected chi connectivity index (χ4v) is 7.48. The lowest BCUT2D eigenvalue weighted by Crippen LogP contribution is -2.54. The highest BCUT2D eigenvalue weighted by Gasteiger charge is 2.59. The van der Waals surface area contributed by atoms with Gasteiger partial charge in [0.1, 0.15) is 12.5 Å². The van der Waals surface area contributed by atoms with Gasteiger partial charge in [-0.15, -0.1) is 0 Å². The first-order chi connectivity index (χ1) is 15.5. The van der Waals surface area contributed by atoms with Crippen LogP contribution in [0.4, 0.5) is 0 Å². The maximum Gasteiger partial charge on any atom is 0.187 e. The Morgan fingerprint density at radius 3 is 2.76 bits per heavy atom. The van der Waals surface area contributed by atoms with Crippen LogP contribution in [-0.2, 0) is 16.3 Å². The van der Waals surface area contributed by atoms with Gasteiger partial charge in [0.2, 0.25) is 0 Å². The lowest BCUT2D eigenvalue weighted by molar-refractivity contribution is -0.141. The van der Waals surface area contributed by atoms with E-state index in [1.54, 1.807) is 0 Å². The van der Waals surface area contributed by atoms with E-state index in [-0.39, 0.29) is 16.2 Å². The van der Waals surface area contributed by atoms with Gasteiger partial charge >= 0.3 is 0 Å². The van der Waals surface area contributed by atoms with E-state index in [1.165, 1.54) is 18.0 Å². The topological polar surface area (TPSA) is 44.1 Å². The van der Waals surface area contributed by atoms with Crippen molar-refractivity contribution < 1.29 is 9.53 Å². The number of rotatable bonds is 5. The lowest BCUT2D eigenvalue weighted by atomic mass is 9.44. The maximum absolute atomic E-state index is 12.8. The minimum Gasteiger partial charge on any atom is -0.361 e. The van der Waals surface area contributed by atoms with Crippen molar-refractivity contribution in [2.45, 2.75) is 98.1 Å². The van der Waals surface area contributed by atoms with E-state index in [4.69, 9.17) is 4.74 Å². The highest BCUT2D eigenvalue weighted by molar-refractivity contribution is 6.76. The molecule has 1 aromatic heterocycles. The molecule has 3 aliphatic carbocycles. The van der Waals surface area contributed by atoms with Crippen LogP contribution in [0.3, 0.4) is 0 Å². The van der Waals surface area contributed by atoms with Crippen LogP contribution >= 0.6 is 0 Å². The molecule has 33 heavy (non-hydrogen) atoms. The Labute approximate surface area is 201 Å². The maximum atomic E-state index is 12.8. The van der Waals surface area contributed by atoms with Crippen molar-refractivity contribution >= 4 is 13.9 Å². The average Bonchev–Trinajstić information content (AvgIpc) is 3.20. The molecule has 3 aliphatic rings. The molecule has 1 aromatic rings. The summed E-state index contributed by atoms with van der Waals surface area (Å²) >= 11 is 0. The third-order valence-electron chi connectivity index (χ3n) is 8.73. The Morgan fingerprint density at radius 1 is 1.21 bits per heavy atom. The van der Waals surface area contributed by atoms with Crippen molar-refractivity contribution in [3.05, 3.63) is 29.9 Å². The van der Waals surface area contributed by atoms with Crippen LogP contribution in [0.1, 0.15) is 71.5 Å². The second kappa shape index (κ2) is 8.85. The zero-order valence-electron chi connectivity index (χ0n) is 21.6. The van der Waals surface area contributed by atoms with E-state index in [9.17, 15) is 4.79 Å². The molecule has 0 aromatic carbocycles. The van der Waals surface area contributed by atoms with Gasteiger partial charge in [-0.2, -0.15) is 0 Å². The Hall–Kier alpha value is -1.64. The van der Waals surface area contributed by atoms with Crippen molar-refractivity contribution in [3.63, 3.8) is 0 Å². The molecule has 0 spiro atoms. The largest absolute Gasteiger partial charge is 0.361 e. The summed E-state index contributed by atoms with van der Waals surface area (Å²) < 4.78 is 8.00. The Kier molecular flexibility index (Phi) is 6.57. The summed E-state index contributed by atoms with van der Waals surface area (Å²) in [6, 6.07) is 1.17. The molecule has 0 radical (unpaired) electrons. The Balaban J connectivity index is 1.57. The molecule has 4 nitrogen and oxygen atoms in total. The van der Waals surface area contributed by atoms with E-state index >= 15 is 0 Å². The number of allylic oxidation sites excluding steroid dienone is 2. The molecule has 0 bridgehead atoms. The van der Waals surface area contributed by atoms with Gasteiger partial charge in [0, 0.05) is 38.9 Å². The highest BCUT2D eigenvalue weighted by Crippen LogP contribution is 2.65. The quantitative estimate of drug-likeness (QED) is 0.217. The van der Waals surface area contributed by atoms with Gasteiger partial charge in [0.25, 0.3) is 0 Å². The second-order valence-corrected chi connectivity index (χ2v) is 18.2. The van der Waals surface area contributed by atoms with Crippen LogP contribution in [-0.4, -0.2) is 30.0 Å². The third-order valence-corrected chi connectivity index (χ3v) is 10.4. The molecule has 180 valence electrons. The van der Waals surface area contributed by atoms with Gasteiger partial charge < -0.3 is 9.30 Å². The molecule has 0 N–H and O–H groups in total. The molecule has 2 fully saturated rings. The van der Waals surface area contributed by atoms with Gasteiger partial charge in [-0.25, -0.2) is 4.98 Å². The molecule has 2 saturated carbocycles. The first-order valence-electron chi connectivity index (χ1n) is 12.8. The number of hydrogen-bond acceptors (Lipinski definition) is 3. The second-order valence-electron chi connectivity index (χ2n) is 12.6. The van der Waals surface area contributed by atoms with Crippen LogP contribution in [0.2, 0.25) is 25.7 Å². The molecule has 3 atom stereocenters. The number of carbonyl (C=O) groups excluding carboxylic acids is 1. The van der Waals surface area contributed by atoms with Gasteiger partial charge in [0.15, 0.2) is 5.82 Å². The van der Waals surface area contributed by atoms with Gasteiger partial charge in [0.05, 0.1) is 5.41 Å². The summed E-state index contributed by atoms with van der Waals surface area (Å²) in [6.45, 7) is 15.2. The summed E-state index contributed by atoms with van der Waals surface area (Å²) in [4.78, 5) is 17.3. The molecular formula is C28H42N2O2Si. The lowest BCUT2D eigenvalue weighted by Gasteiger charge is -2.59. The van der Waals surface area contributed by atoms with Gasteiger partial charge in [-0.05, 0) is 67.4 Å². The summed E-state index contributed by atoms with van der Waals surface area (Å²) in [5.74, 6) is 8.88. The van der Waals surface area contributed by atoms with Crippen molar-refractivity contribution in [3.8, 4) is 11.8 Å². The van der Waals surface area contributed by atoms with Crippen molar-refractivity contribution in [1.29, 1.82) is 0 Å². The van der Waals surface area contributed by atoms with Crippen molar-refractivity contribution in [1.82, 2.24) is 9.55 Å². The average molecular weight is 467 g/mol. The van der Waals surface area contributed by atoms with Crippen LogP contribution in [0, 0.1) is 34.0 Å². The number of aromatic nitrogens is 2. The minimum absolute atomic E-state index is 0.0696. The SMILES string of the molecule is CC1(C)C(=O)CC[C@]2(C)C3=CCCC[C@]3(C#Cc3nccn3COCC[Si](C)(C)C)CCC12. The number of imidazole rings is 1. The summed E-state index contributed by atoms with van der Waals surface area (Å²) in [6.07, 6.45) is 13.5. The van der Waals surface area contributed by atoms with Crippen molar-refractivity contribution in [2.24, 2.45) is 22.2 Å². The number of ketones is 1. The standard InChI is InChI=1S/C28H42N2O2Si/c1-26(2)22-10-15-28(13-8-7-9-23(28)27(22,3)14-11-24(26)31)16-12-25-29-17-18-30(25)21-32-19-20-33(4,5)6/h9,17-18,22H,7-8,10-11,13-15,19-21H2,1-6H3/t22?,27-,28+/m0/s1. The van der Waals surface area contributed by atoms with Crippen LogP contribution in [0.15, 0.2) is 24.0 Å². The summed E-state index contributed by atoms with van der Waals surface area (Å²) in [7, 11) is -1.09. The number of ether oxygens (including phenoxy) is 1. The van der Waals surface area contributed by atoms with Crippen LogP contribution < -0.4 is 0 Å². The fraction of sp³-hybridized carbons (Fsp3) is 0.714. The monoisotopic (exact) mass is 466 g/mol. The van der Waals surface area contributed by atoms with Crippen molar-refractivity contribution in [2.75, 3.05) is 6.61 Å². The third kappa shape index (κ3) is 4.66.